The maximum Gasteiger partial charge on any atom is 0.416 e. The number of rotatable bonds is 9. The number of piperazine rings is 1. The van der Waals surface area contributed by atoms with E-state index in [0.717, 1.165) is 18.2 Å². The number of aromatic nitrogens is 3. The minimum atomic E-state index is -4.60. The smallest absolute Gasteiger partial charge is 0.416 e. The molecule has 12 nitrogen and oxygen atoms in total. The van der Waals surface area contributed by atoms with E-state index in [1.54, 1.807) is 37.7 Å². The highest BCUT2D eigenvalue weighted by Crippen LogP contribution is 2.45. The van der Waals surface area contributed by atoms with Crippen molar-refractivity contribution in [2.75, 3.05) is 44.0 Å². The predicted molar refractivity (Wildman–Crippen MR) is 188 cm³/mol. The van der Waals surface area contributed by atoms with Gasteiger partial charge in [0.2, 0.25) is 23.0 Å². The van der Waals surface area contributed by atoms with Crippen LogP contribution < -0.4 is 20.4 Å². The Hall–Kier alpha value is -4.92. The number of aromatic amines is 1. The summed E-state index contributed by atoms with van der Waals surface area (Å²) >= 11 is 6.14. The summed E-state index contributed by atoms with van der Waals surface area (Å²) in [5, 5.41) is 2.36. The number of hydrogen-bond donors (Lipinski definition) is 2. The lowest BCUT2D eigenvalue weighted by Crippen LogP contribution is -2.66. The zero-order chi connectivity index (χ0) is 37.6. The summed E-state index contributed by atoms with van der Waals surface area (Å²) < 4.78 is 45.3. The van der Waals surface area contributed by atoms with Gasteiger partial charge in [-0.3, -0.25) is 24.2 Å². The number of carbonyl (C=O) groups is 3. The number of ketones is 1. The number of H-pyrrole nitrogens is 1. The molecule has 0 radical (unpaired) electrons. The number of alkyl halides is 3. The molecule has 276 valence electrons. The average molecular weight is 742 g/mol. The van der Waals surface area contributed by atoms with Crippen molar-refractivity contribution in [3.63, 3.8) is 0 Å². The van der Waals surface area contributed by atoms with Gasteiger partial charge in [-0.25, -0.2) is 4.98 Å². The second-order valence-corrected chi connectivity index (χ2v) is 13.7. The standard InChI is InChI=1S/C36H39ClF3N7O5/c1-6-20-21(15-27(48)43-23-9-8-19(14-22(23)37)36(38,39)40)29-30(44-26(17-41-29)45(4)5)33(50)31(20)46-12-13-47(25-11-10-24(25)46)35(51)28-32(49)18(3)16-42-34(28)52-7-2/h8-9,14,16-17,21,24-25H,6-7,10-13,15H2,1-5H3,(H,42,49)(H,43,48)/t21?,24-,25-/m0/s1. The first-order valence-electron chi connectivity index (χ1n) is 17.1. The number of Topliss-reactive ketones (excluding diaryl/α,β-unsaturated/α-hetero) is 1. The molecule has 6 rings (SSSR count). The number of anilines is 2. The Bertz CT molecular complexity index is 2030. The zero-order valence-electron chi connectivity index (χ0n) is 29.4. The molecule has 1 aromatic carbocycles. The summed E-state index contributed by atoms with van der Waals surface area (Å²) in [5.41, 5.74) is 0.483. The van der Waals surface area contributed by atoms with Gasteiger partial charge in [0, 0.05) is 57.3 Å². The van der Waals surface area contributed by atoms with Crippen molar-refractivity contribution < 1.29 is 32.3 Å². The van der Waals surface area contributed by atoms with E-state index in [4.69, 9.17) is 16.3 Å². The van der Waals surface area contributed by atoms with Crippen LogP contribution in [0.4, 0.5) is 24.7 Å². The normalized spacial score (nSPS) is 19.9. The number of pyridine rings is 1. The van der Waals surface area contributed by atoms with E-state index in [0.29, 0.717) is 47.6 Å². The summed E-state index contributed by atoms with van der Waals surface area (Å²) in [6, 6.07) is 2.15. The average Bonchev–Trinajstić information content (AvgIpc) is 3.08. The Morgan fingerprint density at radius 3 is 2.48 bits per heavy atom. The van der Waals surface area contributed by atoms with E-state index >= 15 is 0 Å². The van der Waals surface area contributed by atoms with Gasteiger partial charge in [-0.2, -0.15) is 13.2 Å². The number of nitrogens with zero attached hydrogens (tertiary/aromatic N) is 5. The van der Waals surface area contributed by atoms with Crippen molar-refractivity contribution in [3.8, 4) is 5.88 Å². The van der Waals surface area contributed by atoms with Crippen LogP contribution in [0.15, 0.2) is 46.7 Å². The first kappa shape index (κ1) is 36.9. The summed E-state index contributed by atoms with van der Waals surface area (Å²) in [6.45, 7) is 6.02. The van der Waals surface area contributed by atoms with Crippen molar-refractivity contribution in [1.82, 2.24) is 24.8 Å². The molecule has 0 bridgehead atoms. The third kappa shape index (κ3) is 6.61. The second kappa shape index (κ2) is 14.2. The summed E-state index contributed by atoms with van der Waals surface area (Å²) in [7, 11) is 3.53. The lowest BCUT2D eigenvalue weighted by molar-refractivity contribution is -0.137. The molecule has 0 spiro atoms. The van der Waals surface area contributed by atoms with Crippen molar-refractivity contribution in [2.24, 2.45) is 0 Å². The van der Waals surface area contributed by atoms with Crippen LogP contribution in [0.25, 0.3) is 0 Å². The van der Waals surface area contributed by atoms with Crippen molar-refractivity contribution >= 4 is 40.7 Å². The number of benzene rings is 1. The van der Waals surface area contributed by atoms with Crippen LogP contribution >= 0.6 is 11.6 Å². The Balaban J connectivity index is 1.34. The minimum Gasteiger partial charge on any atom is -0.479 e. The van der Waals surface area contributed by atoms with Gasteiger partial charge >= 0.3 is 6.18 Å². The SMILES string of the molecule is CCOc1[nH]cc(C)c(=O)c1C(=O)N1CCN(C2=C(CC)C(CC(=O)Nc3ccc(C(F)(F)F)cc3Cl)c3ncc(N(C)C)nc3C2=O)[C@H]2CC[C@@H]21. The molecule has 2 amide bonds. The lowest BCUT2D eigenvalue weighted by Gasteiger charge is -2.55. The molecule has 2 N–H and O–H groups in total. The summed E-state index contributed by atoms with van der Waals surface area (Å²) in [4.78, 5) is 72.9. The molecule has 2 aliphatic carbocycles. The molecule has 1 saturated carbocycles. The first-order valence-corrected chi connectivity index (χ1v) is 17.4. The van der Waals surface area contributed by atoms with Gasteiger partial charge in [0.15, 0.2) is 0 Å². The van der Waals surface area contributed by atoms with Gasteiger partial charge < -0.3 is 29.7 Å². The number of hydrogen-bond acceptors (Lipinski definition) is 9. The van der Waals surface area contributed by atoms with Gasteiger partial charge in [-0.05, 0) is 56.9 Å². The molecule has 2 fully saturated rings. The fraction of sp³-hybridized carbons (Fsp3) is 0.444. The Morgan fingerprint density at radius 2 is 1.87 bits per heavy atom. The van der Waals surface area contributed by atoms with Crippen LogP contribution in [0.5, 0.6) is 5.88 Å². The maximum atomic E-state index is 14.5. The third-order valence-electron chi connectivity index (χ3n) is 9.94. The van der Waals surface area contributed by atoms with E-state index in [1.807, 2.05) is 11.8 Å². The van der Waals surface area contributed by atoms with Crippen LogP contribution in [-0.4, -0.2) is 88.2 Å². The number of aryl methyl sites for hydroxylation is 1. The van der Waals surface area contributed by atoms with Crippen LogP contribution in [0.3, 0.4) is 0 Å². The van der Waals surface area contributed by atoms with Gasteiger partial charge in [-0.1, -0.05) is 18.5 Å². The molecule has 3 heterocycles. The van der Waals surface area contributed by atoms with Crippen molar-refractivity contribution in [3.05, 3.63) is 85.2 Å². The quantitative estimate of drug-likeness (QED) is 0.288. The van der Waals surface area contributed by atoms with E-state index in [9.17, 15) is 32.3 Å². The molecule has 1 aliphatic heterocycles. The monoisotopic (exact) mass is 741 g/mol. The van der Waals surface area contributed by atoms with Crippen LogP contribution in [0.1, 0.15) is 83.1 Å². The Labute approximate surface area is 303 Å². The molecule has 16 heteroatoms. The van der Waals surface area contributed by atoms with Gasteiger partial charge in [0.1, 0.15) is 17.1 Å². The molecule has 3 aromatic rings. The zero-order valence-corrected chi connectivity index (χ0v) is 30.1. The van der Waals surface area contributed by atoms with Gasteiger partial charge in [-0.15, -0.1) is 0 Å². The van der Waals surface area contributed by atoms with Crippen molar-refractivity contribution in [2.45, 2.75) is 70.6 Å². The molecule has 52 heavy (non-hydrogen) atoms. The largest absolute Gasteiger partial charge is 0.479 e. The highest BCUT2D eigenvalue weighted by atomic mass is 35.5. The number of nitrogens with one attached hydrogen (secondary N) is 2. The van der Waals surface area contributed by atoms with E-state index in [1.165, 1.54) is 12.4 Å². The molecule has 1 unspecified atom stereocenters. The van der Waals surface area contributed by atoms with Crippen LogP contribution in [-0.2, 0) is 11.0 Å². The fourth-order valence-corrected chi connectivity index (χ4v) is 7.45. The number of carbonyl (C=O) groups excluding carboxylic acids is 3. The molecule has 1 saturated heterocycles. The third-order valence-corrected chi connectivity index (χ3v) is 10.3. The highest BCUT2D eigenvalue weighted by molar-refractivity contribution is 6.33. The van der Waals surface area contributed by atoms with E-state index in [2.05, 4.69) is 20.3 Å². The van der Waals surface area contributed by atoms with Crippen LogP contribution in [0.2, 0.25) is 5.02 Å². The molecule has 2 aromatic heterocycles. The summed E-state index contributed by atoms with van der Waals surface area (Å²) in [5.74, 6) is -1.46. The first-order chi connectivity index (χ1) is 24.7. The van der Waals surface area contributed by atoms with E-state index < -0.39 is 34.9 Å². The fourth-order valence-electron chi connectivity index (χ4n) is 7.22. The van der Waals surface area contributed by atoms with Gasteiger partial charge in [0.25, 0.3) is 5.91 Å². The highest BCUT2D eigenvalue weighted by Gasteiger charge is 2.49. The molecule has 3 aliphatic rings. The molecular formula is C36H39ClF3N7O5. The molecule has 3 atom stereocenters. The topological polar surface area (TPSA) is 141 Å². The lowest BCUT2D eigenvalue weighted by atomic mass is 9.77. The maximum absolute atomic E-state index is 14.5. The number of allylic oxidation sites excluding steroid dienone is 2. The second-order valence-electron chi connectivity index (χ2n) is 13.3. The number of halogens is 4. The Kier molecular flexibility index (Phi) is 10.1. The van der Waals surface area contributed by atoms with Crippen molar-refractivity contribution in [1.29, 1.82) is 0 Å². The number of fused-ring (bicyclic) bond motifs is 2. The number of ether oxygens (including phenoxy) is 1. The summed E-state index contributed by atoms with van der Waals surface area (Å²) in [6.07, 6.45) is -0.0406. The van der Waals surface area contributed by atoms with E-state index in [-0.39, 0.29) is 71.8 Å². The van der Waals surface area contributed by atoms with Crippen LogP contribution in [0, 0.1) is 6.92 Å². The number of amides is 2. The van der Waals surface area contributed by atoms with Gasteiger partial charge in [0.05, 0.1) is 46.5 Å². The Morgan fingerprint density at radius 1 is 1.13 bits per heavy atom. The predicted octanol–water partition coefficient (Wildman–Crippen LogP) is 5.57. The molecular weight excluding hydrogens is 703 g/mol. The minimum absolute atomic E-state index is 0.0149.